The van der Waals surface area contributed by atoms with E-state index in [0.29, 0.717) is 6.04 Å². The van der Waals surface area contributed by atoms with Gasteiger partial charge >= 0.3 is 0 Å². The third-order valence-corrected chi connectivity index (χ3v) is 8.51. The molecule has 5 rings (SSSR count). The van der Waals surface area contributed by atoms with E-state index in [1.54, 1.807) is 0 Å². The second kappa shape index (κ2) is 16.7. The number of rotatable bonds is 12. The fourth-order valence-corrected chi connectivity index (χ4v) is 5.72. The van der Waals surface area contributed by atoms with Crippen molar-refractivity contribution in [2.24, 2.45) is 0 Å². The Morgan fingerprint density at radius 2 is 1.33 bits per heavy atom. The molecule has 0 aliphatic carbocycles. The molecule has 1 fully saturated rings. The molecule has 5 heteroatoms. The SMILES string of the molecule is CN(C)CCOC(c1ccccc1)c1ccccc1.CN1CCC[C@@H]1CCOC(C)(c1ccccc1)c1ccc(Cl)cc1. The standard InChI is InChI=1S/C21H26ClNO.C17H21NO/c1-21(17-7-4-3-5-8-17,18-10-12-19(22)13-11-18)24-16-14-20-9-6-15-23(20)2;1-18(2)13-14-19-17(15-9-5-3-6-10-15)16-11-7-4-8-12-16/h3-5,7-8,10-13,20H,6,9,14-16H2,1-2H3;3-12,17H,13-14H2,1-2H3/t20-,21?;/m1./s1. The van der Waals surface area contributed by atoms with E-state index in [0.717, 1.165) is 36.8 Å². The van der Waals surface area contributed by atoms with Gasteiger partial charge in [-0.1, -0.05) is 115 Å². The molecule has 0 radical (unpaired) electrons. The lowest BCUT2D eigenvalue weighted by Crippen LogP contribution is -2.31. The summed E-state index contributed by atoms with van der Waals surface area (Å²) in [5, 5.41) is 0.752. The van der Waals surface area contributed by atoms with E-state index < -0.39 is 5.60 Å². The van der Waals surface area contributed by atoms with Gasteiger partial charge in [0.2, 0.25) is 0 Å². The van der Waals surface area contributed by atoms with E-state index in [4.69, 9.17) is 21.1 Å². The predicted octanol–water partition coefficient (Wildman–Crippen LogP) is 8.46. The summed E-state index contributed by atoms with van der Waals surface area (Å²) in [6.07, 6.45) is 3.67. The predicted molar refractivity (Wildman–Crippen MR) is 180 cm³/mol. The average molecular weight is 599 g/mol. The van der Waals surface area contributed by atoms with Gasteiger partial charge in [-0.2, -0.15) is 0 Å². The molecule has 1 unspecified atom stereocenters. The highest BCUT2D eigenvalue weighted by Crippen LogP contribution is 2.34. The molecular weight excluding hydrogens is 552 g/mol. The Labute approximate surface area is 264 Å². The molecule has 43 heavy (non-hydrogen) atoms. The van der Waals surface area contributed by atoms with Crippen LogP contribution in [0.1, 0.15) is 54.5 Å². The first-order valence-corrected chi connectivity index (χ1v) is 15.8. The molecule has 1 saturated heterocycles. The molecule has 4 aromatic rings. The summed E-state index contributed by atoms with van der Waals surface area (Å²) in [7, 11) is 6.33. The van der Waals surface area contributed by atoms with Crippen LogP contribution in [0.5, 0.6) is 0 Å². The van der Waals surface area contributed by atoms with Gasteiger partial charge in [0.05, 0.1) is 6.61 Å². The summed E-state index contributed by atoms with van der Waals surface area (Å²) in [5.41, 5.74) is 4.26. The van der Waals surface area contributed by atoms with Crippen molar-refractivity contribution in [2.45, 2.75) is 43.9 Å². The quantitative estimate of drug-likeness (QED) is 0.163. The van der Waals surface area contributed by atoms with Gasteiger partial charge in [0.15, 0.2) is 0 Å². The summed E-state index contributed by atoms with van der Waals surface area (Å²) in [6.45, 7) is 5.77. The Morgan fingerprint density at radius 3 is 1.84 bits per heavy atom. The number of likely N-dealkylation sites (N-methyl/N-ethyl adjacent to an activating group) is 1. The molecule has 0 saturated carbocycles. The normalized spacial score (nSPS) is 16.6. The van der Waals surface area contributed by atoms with Gasteiger partial charge < -0.3 is 19.3 Å². The minimum atomic E-state index is -0.455. The molecule has 0 bridgehead atoms. The van der Waals surface area contributed by atoms with E-state index in [2.05, 4.69) is 123 Å². The zero-order valence-electron chi connectivity index (χ0n) is 26.2. The summed E-state index contributed by atoms with van der Waals surface area (Å²) < 4.78 is 12.6. The molecule has 1 heterocycles. The zero-order chi connectivity index (χ0) is 30.5. The summed E-state index contributed by atoms with van der Waals surface area (Å²) in [6, 6.07) is 39.9. The van der Waals surface area contributed by atoms with Gasteiger partial charge in [0, 0.05) is 24.2 Å². The van der Waals surface area contributed by atoms with Gasteiger partial charge in [-0.05, 0) is 88.3 Å². The summed E-state index contributed by atoms with van der Waals surface area (Å²) >= 11 is 6.07. The van der Waals surface area contributed by atoms with E-state index in [-0.39, 0.29) is 6.10 Å². The molecule has 0 spiro atoms. The van der Waals surface area contributed by atoms with Crippen LogP contribution in [0.2, 0.25) is 5.02 Å². The molecule has 1 aliphatic heterocycles. The van der Waals surface area contributed by atoms with Crippen LogP contribution in [0.4, 0.5) is 0 Å². The van der Waals surface area contributed by atoms with Crippen molar-refractivity contribution in [3.63, 3.8) is 0 Å². The lowest BCUT2D eigenvalue weighted by molar-refractivity contribution is -0.0117. The summed E-state index contributed by atoms with van der Waals surface area (Å²) in [5.74, 6) is 0. The van der Waals surface area contributed by atoms with Crippen LogP contribution in [-0.4, -0.2) is 63.3 Å². The van der Waals surface area contributed by atoms with Crippen molar-refractivity contribution in [1.29, 1.82) is 0 Å². The van der Waals surface area contributed by atoms with Crippen LogP contribution < -0.4 is 0 Å². The van der Waals surface area contributed by atoms with Gasteiger partial charge in [0.1, 0.15) is 11.7 Å². The lowest BCUT2D eigenvalue weighted by Gasteiger charge is -2.32. The first-order valence-electron chi connectivity index (χ1n) is 15.4. The molecule has 0 aromatic heterocycles. The number of halogens is 1. The maximum absolute atomic E-state index is 6.48. The summed E-state index contributed by atoms with van der Waals surface area (Å²) in [4.78, 5) is 4.58. The molecule has 2 atom stereocenters. The van der Waals surface area contributed by atoms with Crippen molar-refractivity contribution in [3.05, 3.63) is 143 Å². The van der Waals surface area contributed by atoms with Crippen molar-refractivity contribution in [2.75, 3.05) is 47.4 Å². The van der Waals surface area contributed by atoms with Crippen molar-refractivity contribution >= 4 is 11.6 Å². The Bertz CT molecular complexity index is 1280. The van der Waals surface area contributed by atoms with Crippen LogP contribution in [0.15, 0.2) is 115 Å². The average Bonchev–Trinajstić information content (AvgIpc) is 3.45. The second-order valence-electron chi connectivity index (χ2n) is 11.7. The topological polar surface area (TPSA) is 24.9 Å². The second-order valence-corrected chi connectivity index (χ2v) is 12.1. The zero-order valence-corrected chi connectivity index (χ0v) is 26.9. The van der Waals surface area contributed by atoms with E-state index in [9.17, 15) is 0 Å². The monoisotopic (exact) mass is 598 g/mol. The largest absolute Gasteiger partial charge is 0.367 e. The molecule has 0 amide bonds. The molecule has 1 aliphatic rings. The number of nitrogens with zero attached hydrogens (tertiary/aromatic N) is 2. The minimum Gasteiger partial charge on any atom is -0.367 e. The number of benzene rings is 4. The van der Waals surface area contributed by atoms with Gasteiger partial charge in [-0.3, -0.25) is 0 Å². The van der Waals surface area contributed by atoms with Crippen molar-refractivity contribution in [1.82, 2.24) is 9.80 Å². The highest BCUT2D eigenvalue weighted by Gasteiger charge is 2.30. The number of hydrogen-bond acceptors (Lipinski definition) is 4. The lowest BCUT2D eigenvalue weighted by atomic mass is 9.88. The molecular formula is C38H47ClN2O2. The van der Waals surface area contributed by atoms with Gasteiger partial charge in [-0.25, -0.2) is 0 Å². The van der Waals surface area contributed by atoms with Crippen LogP contribution in [0, 0.1) is 0 Å². The Kier molecular flexibility index (Phi) is 12.8. The van der Waals surface area contributed by atoms with Crippen molar-refractivity contribution in [3.8, 4) is 0 Å². The number of ether oxygens (including phenoxy) is 2. The van der Waals surface area contributed by atoms with E-state index >= 15 is 0 Å². The third-order valence-electron chi connectivity index (χ3n) is 8.26. The Morgan fingerprint density at radius 1 is 0.791 bits per heavy atom. The van der Waals surface area contributed by atoms with Gasteiger partial charge in [0.25, 0.3) is 0 Å². The fraction of sp³-hybridized carbons (Fsp3) is 0.368. The highest BCUT2D eigenvalue weighted by atomic mass is 35.5. The maximum atomic E-state index is 6.48. The molecule has 0 N–H and O–H groups in total. The molecule has 4 nitrogen and oxygen atoms in total. The molecule has 228 valence electrons. The number of likely N-dealkylation sites (tertiary alicyclic amines) is 1. The van der Waals surface area contributed by atoms with E-state index in [1.807, 2.05) is 30.3 Å². The first kappa shape index (κ1) is 32.9. The highest BCUT2D eigenvalue weighted by molar-refractivity contribution is 6.30. The van der Waals surface area contributed by atoms with Crippen LogP contribution in [0.25, 0.3) is 0 Å². The van der Waals surface area contributed by atoms with Crippen LogP contribution >= 0.6 is 11.6 Å². The van der Waals surface area contributed by atoms with Crippen LogP contribution in [-0.2, 0) is 15.1 Å². The molecule has 4 aromatic carbocycles. The Hall–Kier alpha value is -2.99. The Balaban J connectivity index is 0.000000203. The number of hydrogen-bond donors (Lipinski definition) is 0. The van der Waals surface area contributed by atoms with Gasteiger partial charge in [-0.15, -0.1) is 0 Å². The maximum Gasteiger partial charge on any atom is 0.115 e. The van der Waals surface area contributed by atoms with Crippen LogP contribution in [0.3, 0.4) is 0 Å². The van der Waals surface area contributed by atoms with Crippen molar-refractivity contribution < 1.29 is 9.47 Å². The first-order chi connectivity index (χ1) is 20.9. The fourth-order valence-electron chi connectivity index (χ4n) is 5.59. The smallest absolute Gasteiger partial charge is 0.115 e. The third kappa shape index (κ3) is 9.76. The van der Waals surface area contributed by atoms with E-state index in [1.165, 1.54) is 36.1 Å². The minimum absolute atomic E-state index is 0.0161.